The maximum Gasteiger partial charge on any atom is 0.261 e. The van der Waals surface area contributed by atoms with Gasteiger partial charge in [0, 0.05) is 39.6 Å². The van der Waals surface area contributed by atoms with Gasteiger partial charge in [-0.2, -0.15) is 0 Å². The van der Waals surface area contributed by atoms with Gasteiger partial charge < -0.3 is 5.73 Å². The highest BCUT2D eigenvalue weighted by atomic mass is 16.2. The van der Waals surface area contributed by atoms with E-state index in [-0.39, 0.29) is 23.4 Å². The van der Waals surface area contributed by atoms with Crippen molar-refractivity contribution >= 4 is 66.5 Å². The molecule has 38 heavy (non-hydrogen) atoms. The maximum atomic E-state index is 13.5. The number of nitrogens with two attached hydrogens (primary N) is 1. The molecule has 0 aromatic heterocycles. The zero-order valence-corrected chi connectivity index (χ0v) is 21.5. The number of carbonyl (C=O) groups is 4. The van der Waals surface area contributed by atoms with Gasteiger partial charge in [-0.3, -0.25) is 24.1 Å². The zero-order valence-electron chi connectivity index (χ0n) is 21.5. The summed E-state index contributed by atoms with van der Waals surface area (Å²) in [6, 6.07) is 14.9. The first-order chi connectivity index (χ1) is 18.3. The Morgan fingerprint density at radius 2 is 1.05 bits per heavy atom. The lowest BCUT2D eigenvalue weighted by Gasteiger charge is -2.28. The van der Waals surface area contributed by atoms with E-state index in [4.69, 9.17) is 5.73 Å². The summed E-state index contributed by atoms with van der Waals surface area (Å²) in [6.07, 6.45) is 3.58. The fourth-order valence-corrected chi connectivity index (χ4v) is 6.19. The first-order valence-corrected chi connectivity index (χ1v) is 13.1. The third kappa shape index (κ3) is 3.37. The van der Waals surface area contributed by atoms with Crippen LogP contribution < -0.4 is 5.73 Å². The van der Waals surface area contributed by atoms with Crippen LogP contribution in [0.4, 0.5) is 0 Å². The van der Waals surface area contributed by atoms with Crippen LogP contribution in [0.15, 0.2) is 48.5 Å². The van der Waals surface area contributed by atoms with Gasteiger partial charge in [0.15, 0.2) is 11.6 Å². The molecule has 0 unspecified atom stereocenters. The molecule has 5 aromatic carbocycles. The van der Waals surface area contributed by atoms with E-state index in [0.29, 0.717) is 46.1 Å². The molecule has 0 fully saturated rings. The van der Waals surface area contributed by atoms with Gasteiger partial charge in [0.1, 0.15) is 0 Å². The summed E-state index contributed by atoms with van der Waals surface area (Å²) in [4.78, 5) is 53.6. The van der Waals surface area contributed by atoms with Crippen LogP contribution in [0, 0.1) is 0 Å². The van der Waals surface area contributed by atoms with Crippen LogP contribution in [0.5, 0.6) is 0 Å². The SMILES string of the molecule is CC(=O)c1ccc2c3ccc4c5c(ccc(c6ccc(C(C)=O)c1c26)c53)C(=O)N(CCCCCCN)C4=O. The van der Waals surface area contributed by atoms with Gasteiger partial charge in [0.25, 0.3) is 11.8 Å². The van der Waals surface area contributed by atoms with E-state index in [2.05, 4.69) is 0 Å². The van der Waals surface area contributed by atoms with Crippen molar-refractivity contribution in [3.8, 4) is 0 Å². The Balaban J connectivity index is 1.62. The van der Waals surface area contributed by atoms with Gasteiger partial charge in [-0.25, -0.2) is 0 Å². The lowest BCUT2D eigenvalue weighted by atomic mass is 9.82. The molecule has 2 N–H and O–H groups in total. The fourth-order valence-electron chi connectivity index (χ4n) is 6.19. The standard InChI is InChI=1S/C32H28N2O4/c1-17(35)19-7-9-21-23-11-13-25-30-26(32(38)34(31(25)37)16-6-4-3-5-15-33)14-12-24(29(23)30)22-10-8-20(18(2)36)27(19)28(21)22/h7-14H,3-6,15-16,33H2,1-2H3. The quantitative estimate of drug-likeness (QED) is 0.0885. The maximum absolute atomic E-state index is 13.5. The second-order valence-electron chi connectivity index (χ2n) is 10.2. The Labute approximate surface area is 219 Å². The van der Waals surface area contributed by atoms with Crippen molar-refractivity contribution in [2.45, 2.75) is 39.5 Å². The average Bonchev–Trinajstić information content (AvgIpc) is 2.91. The number of Topliss-reactive ketones (excluding diaryl/α,β-unsaturated/α-hetero) is 2. The molecule has 190 valence electrons. The number of hydrogen-bond donors (Lipinski definition) is 1. The van der Waals surface area contributed by atoms with Crippen LogP contribution in [0.2, 0.25) is 0 Å². The van der Waals surface area contributed by atoms with Crippen molar-refractivity contribution in [1.82, 2.24) is 4.90 Å². The van der Waals surface area contributed by atoms with Crippen LogP contribution in [0.1, 0.15) is 81.0 Å². The largest absolute Gasteiger partial charge is 0.330 e. The molecule has 0 radical (unpaired) electrons. The lowest BCUT2D eigenvalue weighted by Crippen LogP contribution is -2.40. The fraction of sp³-hybridized carbons (Fsp3) is 0.250. The highest BCUT2D eigenvalue weighted by Crippen LogP contribution is 2.45. The Bertz CT molecular complexity index is 1720. The number of amides is 2. The predicted octanol–water partition coefficient (Wildman–Crippen LogP) is 6.26. The van der Waals surface area contributed by atoms with Crippen LogP contribution >= 0.6 is 0 Å². The molecular formula is C32H28N2O4. The Hall–Kier alpha value is -4.16. The second-order valence-corrected chi connectivity index (χ2v) is 10.2. The number of rotatable bonds is 8. The highest BCUT2D eigenvalue weighted by molar-refractivity contribution is 6.40. The van der Waals surface area contributed by atoms with Crippen molar-refractivity contribution in [1.29, 1.82) is 0 Å². The third-order valence-corrected chi connectivity index (χ3v) is 7.95. The molecule has 6 nitrogen and oxygen atoms in total. The summed E-state index contributed by atoms with van der Waals surface area (Å²) in [5, 5.41) is 6.63. The van der Waals surface area contributed by atoms with Crippen LogP contribution in [-0.4, -0.2) is 41.4 Å². The third-order valence-electron chi connectivity index (χ3n) is 7.95. The molecule has 0 spiro atoms. The number of benzene rings is 5. The van der Waals surface area contributed by atoms with E-state index in [1.54, 1.807) is 12.1 Å². The van der Waals surface area contributed by atoms with Crippen molar-refractivity contribution in [3.63, 3.8) is 0 Å². The monoisotopic (exact) mass is 504 g/mol. The minimum Gasteiger partial charge on any atom is -0.330 e. The summed E-state index contributed by atoms with van der Waals surface area (Å²) >= 11 is 0. The summed E-state index contributed by atoms with van der Waals surface area (Å²) in [5.41, 5.74) is 7.66. The summed E-state index contributed by atoms with van der Waals surface area (Å²) in [5.74, 6) is -0.738. The van der Waals surface area contributed by atoms with Crippen molar-refractivity contribution in [3.05, 3.63) is 70.8 Å². The Kier molecular flexibility index (Phi) is 5.73. The first-order valence-electron chi connectivity index (χ1n) is 13.1. The molecule has 1 aliphatic rings. The van der Waals surface area contributed by atoms with E-state index >= 15 is 0 Å². The van der Waals surface area contributed by atoms with E-state index in [0.717, 1.165) is 58.0 Å². The molecule has 1 aliphatic heterocycles. The van der Waals surface area contributed by atoms with E-state index in [9.17, 15) is 19.2 Å². The predicted molar refractivity (Wildman–Crippen MR) is 151 cm³/mol. The highest BCUT2D eigenvalue weighted by Gasteiger charge is 2.34. The number of carbonyl (C=O) groups excluding carboxylic acids is 4. The molecule has 0 saturated carbocycles. The molecule has 0 saturated heterocycles. The summed E-state index contributed by atoms with van der Waals surface area (Å²) in [7, 11) is 0. The van der Waals surface area contributed by atoms with Gasteiger partial charge in [0.05, 0.1) is 0 Å². The first kappa shape index (κ1) is 24.2. The van der Waals surface area contributed by atoms with Gasteiger partial charge in [-0.05, 0) is 77.7 Å². The van der Waals surface area contributed by atoms with Crippen LogP contribution in [0.25, 0.3) is 43.1 Å². The summed E-state index contributed by atoms with van der Waals surface area (Å²) in [6.45, 7) is 4.05. The van der Waals surface area contributed by atoms with Gasteiger partial charge in [0.2, 0.25) is 0 Å². The molecule has 2 amide bonds. The van der Waals surface area contributed by atoms with E-state index in [1.165, 1.54) is 18.7 Å². The van der Waals surface area contributed by atoms with Crippen LogP contribution in [0.3, 0.4) is 0 Å². The average molecular weight is 505 g/mol. The Morgan fingerprint density at radius 3 is 1.53 bits per heavy atom. The molecule has 1 heterocycles. The number of ketones is 2. The van der Waals surface area contributed by atoms with E-state index < -0.39 is 0 Å². The molecule has 6 heteroatoms. The topological polar surface area (TPSA) is 97.5 Å². The number of unbranched alkanes of at least 4 members (excludes halogenated alkanes) is 3. The second kappa shape index (κ2) is 8.99. The van der Waals surface area contributed by atoms with Gasteiger partial charge in [-0.15, -0.1) is 0 Å². The van der Waals surface area contributed by atoms with E-state index in [1.807, 2.05) is 36.4 Å². The van der Waals surface area contributed by atoms with Crippen molar-refractivity contribution < 1.29 is 19.2 Å². The van der Waals surface area contributed by atoms with Crippen molar-refractivity contribution in [2.24, 2.45) is 5.73 Å². The zero-order chi connectivity index (χ0) is 26.7. The smallest absolute Gasteiger partial charge is 0.261 e. The molecule has 5 aromatic rings. The summed E-state index contributed by atoms with van der Waals surface area (Å²) < 4.78 is 0. The van der Waals surface area contributed by atoms with Gasteiger partial charge >= 0.3 is 0 Å². The van der Waals surface area contributed by atoms with Gasteiger partial charge in [-0.1, -0.05) is 49.2 Å². The molecule has 0 atom stereocenters. The van der Waals surface area contributed by atoms with Crippen molar-refractivity contribution in [2.75, 3.05) is 13.1 Å². The minimum absolute atomic E-state index is 0.105. The number of fused-ring (bicyclic) bond motifs is 2. The lowest BCUT2D eigenvalue weighted by molar-refractivity contribution is 0.0607. The molecule has 0 aliphatic carbocycles. The molecule has 0 bridgehead atoms. The minimum atomic E-state index is -0.264. The van der Waals surface area contributed by atoms with Crippen LogP contribution in [-0.2, 0) is 0 Å². The normalized spacial score (nSPS) is 13.5. The number of nitrogens with zero attached hydrogens (tertiary/aromatic N) is 1. The number of hydrogen-bond acceptors (Lipinski definition) is 5. The molecular weight excluding hydrogens is 476 g/mol. The molecule has 6 rings (SSSR count). The number of imide groups is 1. The Morgan fingerprint density at radius 1 is 0.605 bits per heavy atom.